The first kappa shape index (κ1) is 13.4. The minimum absolute atomic E-state index is 0.338. The van der Waals surface area contributed by atoms with E-state index in [0.717, 1.165) is 13.0 Å². The minimum atomic E-state index is 0.338. The molecule has 0 saturated heterocycles. The Kier molecular flexibility index (Phi) is 5.02. The number of aromatic hydroxyl groups is 1. The second kappa shape index (κ2) is 6.76. The average Bonchev–Trinajstić information content (AvgIpc) is 2.42. The molecule has 18 heavy (non-hydrogen) atoms. The van der Waals surface area contributed by atoms with E-state index in [-0.39, 0.29) is 0 Å². The number of hydrogen-bond acceptors (Lipinski definition) is 3. The van der Waals surface area contributed by atoms with Crippen molar-refractivity contribution in [1.29, 1.82) is 0 Å². The largest absolute Gasteiger partial charge is 0.508 e. The van der Waals surface area contributed by atoms with Crippen molar-refractivity contribution in [2.24, 2.45) is 0 Å². The van der Waals surface area contributed by atoms with E-state index in [1.807, 2.05) is 19.2 Å². The van der Waals surface area contributed by atoms with Gasteiger partial charge in [0.25, 0.3) is 0 Å². The van der Waals surface area contributed by atoms with Gasteiger partial charge in [-0.05, 0) is 56.3 Å². The Bertz CT molecular complexity index is 342. The Morgan fingerprint density at radius 1 is 1.17 bits per heavy atom. The number of ether oxygens (including phenoxy) is 1. The van der Waals surface area contributed by atoms with Crippen molar-refractivity contribution in [3.05, 3.63) is 29.8 Å². The van der Waals surface area contributed by atoms with Crippen LogP contribution < -0.4 is 5.32 Å². The normalized spacial score (nSPS) is 24.1. The Morgan fingerprint density at radius 2 is 1.83 bits per heavy atom. The van der Waals surface area contributed by atoms with Crippen LogP contribution in [0, 0.1) is 0 Å². The fourth-order valence-electron chi connectivity index (χ4n) is 2.59. The minimum Gasteiger partial charge on any atom is -0.508 e. The van der Waals surface area contributed by atoms with Crippen molar-refractivity contribution in [1.82, 2.24) is 5.32 Å². The molecule has 0 radical (unpaired) electrons. The van der Waals surface area contributed by atoms with Crippen molar-refractivity contribution in [3.63, 3.8) is 0 Å². The first-order chi connectivity index (χ1) is 8.78. The zero-order valence-corrected chi connectivity index (χ0v) is 11.1. The first-order valence-electron chi connectivity index (χ1n) is 6.82. The van der Waals surface area contributed by atoms with Crippen LogP contribution in [0.4, 0.5) is 0 Å². The van der Waals surface area contributed by atoms with Crippen LogP contribution in [0.15, 0.2) is 24.3 Å². The van der Waals surface area contributed by atoms with Crippen molar-refractivity contribution in [3.8, 4) is 5.75 Å². The van der Waals surface area contributed by atoms with Gasteiger partial charge in [0.2, 0.25) is 0 Å². The third kappa shape index (κ3) is 4.00. The summed E-state index contributed by atoms with van der Waals surface area (Å²) >= 11 is 0. The third-order valence-electron chi connectivity index (χ3n) is 3.79. The molecule has 3 nitrogen and oxygen atoms in total. The van der Waals surface area contributed by atoms with Gasteiger partial charge < -0.3 is 15.2 Å². The summed E-state index contributed by atoms with van der Waals surface area (Å²) in [4.78, 5) is 0. The molecule has 0 heterocycles. The van der Waals surface area contributed by atoms with Crippen LogP contribution in [0.1, 0.15) is 31.2 Å². The summed E-state index contributed by atoms with van der Waals surface area (Å²) in [5, 5.41) is 12.8. The highest BCUT2D eigenvalue weighted by Gasteiger charge is 2.19. The van der Waals surface area contributed by atoms with Gasteiger partial charge in [-0.15, -0.1) is 0 Å². The summed E-state index contributed by atoms with van der Waals surface area (Å²) < 4.78 is 5.37. The molecule has 1 aliphatic carbocycles. The summed E-state index contributed by atoms with van der Waals surface area (Å²) in [6, 6.07) is 8.11. The number of hydrogen-bond donors (Lipinski definition) is 2. The fourth-order valence-corrected chi connectivity index (χ4v) is 2.59. The molecule has 0 unspecified atom stereocenters. The maximum Gasteiger partial charge on any atom is 0.115 e. The Morgan fingerprint density at radius 3 is 2.44 bits per heavy atom. The zero-order valence-electron chi connectivity index (χ0n) is 11.1. The number of methoxy groups -OCH3 is 1. The van der Waals surface area contributed by atoms with E-state index in [4.69, 9.17) is 4.74 Å². The van der Waals surface area contributed by atoms with Gasteiger partial charge in [0.05, 0.1) is 6.10 Å². The first-order valence-corrected chi connectivity index (χ1v) is 6.82. The lowest BCUT2D eigenvalue weighted by atomic mass is 9.93. The van der Waals surface area contributed by atoms with Gasteiger partial charge in [0, 0.05) is 13.2 Å². The Labute approximate surface area is 109 Å². The van der Waals surface area contributed by atoms with Crippen LogP contribution in [0.2, 0.25) is 0 Å². The average molecular weight is 249 g/mol. The molecule has 1 aromatic carbocycles. The highest BCUT2D eigenvalue weighted by atomic mass is 16.5. The van der Waals surface area contributed by atoms with Crippen LogP contribution in [0.25, 0.3) is 0 Å². The van der Waals surface area contributed by atoms with E-state index < -0.39 is 0 Å². The summed E-state index contributed by atoms with van der Waals surface area (Å²) in [5.74, 6) is 0.338. The lowest BCUT2D eigenvalue weighted by Gasteiger charge is -2.28. The van der Waals surface area contributed by atoms with E-state index in [0.29, 0.717) is 17.9 Å². The van der Waals surface area contributed by atoms with Gasteiger partial charge in [-0.2, -0.15) is 0 Å². The molecule has 0 atom stereocenters. The van der Waals surface area contributed by atoms with Crippen molar-refractivity contribution < 1.29 is 9.84 Å². The van der Waals surface area contributed by atoms with Crippen LogP contribution in [0.5, 0.6) is 5.75 Å². The molecule has 1 fully saturated rings. The van der Waals surface area contributed by atoms with Crippen molar-refractivity contribution in [2.45, 2.75) is 44.2 Å². The molecule has 100 valence electrons. The number of nitrogens with one attached hydrogen (secondary N) is 1. The molecule has 1 aliphatic rings. The molecule has 1 aromatic rings. The van der Waals surface area contributed by atoms with Crippen LogP contribution in [-0.4, -0.2) is 30.9 Å². The van der Waals surface area contributed by atoms with E-state index in [1.165, 1.54) is 31.2 Å². The highest BCUT2D eigenvalue weighted by molar-refractivity contribution is 5.25. The molecule has 0 aliphatic heterocycles. The van der Waals surface area contributed by atoms with Crippen LogP contribution >= 0.6 is 0 Å². The van der Waals surface area contributed by atoms with Gasteiger partial charge in [-0.3, -0.25) is 0 Å². The monoisotopic (exact) mass is 249 g/mol. The summed E-state index contributed by atoms with van der Waals surface area (Å²) in [6.45, 7) is 1.01. The van der Waals surface area contributed by atoms with Gasteiger partial charge >= 0.3 is 0 Å². The van der Waals surface area contributed by atoms with E-state index in [1.54, 1.807) is 12.1 Å². The number of phenols is 1. The predicted molar refractivity (Wildman–Crippen MR) is 72.9 cm³/mol. The molecular weight excluding hydrogens is 226 g/mol. The summed E-state index contributed by atoms with van der Waals surface area (Å²) in [7, 11) is 1.81. The van der Waals surface area contributed by atoms with Gasteiger partial charge in [0.1, 0.15) is 5.75 Å². The summed E-state index contributed by atoms with van der Waals surface area (Å²) in [5.41, 5.74) is 1.27. The number of benzene rings is 1. The fraction of sp³-hybridized carbons (Fsp3) is 0.600. The summed E-state index contributed by atoms with van der Waals surface area (Å²) in [6.07, 6.45) is 6.27. The molecule has 0 aromatic heterocycles. The molecule has 0 bridgehead atoms. The molecular formula is C15H23NO2. The molecule has 0 spiro atoms. The second-order valence-corrected chi connectivity index (χ2v) is 5.08. The lowest BCUT2D eigenvalue weighted by Crippen LogP contribution is -2.36. The predicted octanol–water partition coefficient (Wildman–Crippen LogP) is 2.48. The maximum atomic E-state index is 9.21. The van der Waals surface area contributed by atoms with E-state index in [9.17, 15) is 5.11 Å². The van der Waals surface area contributed by atoms with E-state index >= 15 is 0 Å². The van der Waals surface area contributed by atoms with Gasteiger partial charge in [-0.25, -0.2) is 0 Å². The molecule has 2 N–H and O–H groups in total. The lowest BCUT2D eigenvalue weighted by molar-refractivity contribution is 0.0626. The molecule has 3 heteroatoms. The van der Waals surface area contributed by atoms with Crippen LogP contribution in [0.3, 0.4) is 0 Å². The number of rotatable bonds is 5. The quantitative estimate of drug-likeness (QED) is 0.842. The molecule has 1 saturated carbocycles. The topological polar surface area (TPSA) is 41.5 Å². The van der Waals surface area contributed by atoms with Crippen molar-refractivity contribution >= 4 is 0 Å². The highest BCUT2D eigenvalue weighted by Crippen LogP contribution is 2.20. The van der Waals surface area contributed by atoms with Gasteiger partial charge in [0.15, 0.2) is 0 Å². The maximum absolute atomic E-state index is 9.21. The Hall–Kier alpha value is -1.06. The van der Waals surface area contributed by atoms with Gasteiger partial charge in [-0.1, -0.05) is 12.1 Å². The molecule has 0 amide bonds. The standard InChI is InChI=1S/C15H23NO2/c1-18-15-8-4-13(5-9-15)16-11-10-12-2-6-14(17)7-3-12/h2-3,6-7,13,15-17H,4-5,8-11H2,1H3. The van der Waals surface area contributed by atoms with Crippen LogP contribution in [-0.2, 0) is 11.2 Å². The third-order valence-corrected chi connectivity index (χ3v) is 3.79. The SMILES string of the molecule is COC1CCC(NCCc2ccc(O)cc2)CC1. The molecule has 2 rings (SSSR count). The smallest absolute Gasteiger partial charge is 0.115 e. The second-order valence-electron chi connectivity index (χ2n) is 5.08. The van der Waals surface area contributed by atoms with E-state index in [2.05, 4.69) is 5.32 Å². The number of phenolic OH excluding ortho intramolecular Hbond substituents is 1. The zero-order chi connectivity index (χ0) is 12.8. The Balaban J connectivity index is 1.65. The van der Waals surface area contributed by atoms with Crippen molar-refractivity contribution in [2.75, 3.05) is 13.7 Å².